The van der Waals surface area contributed by atoms with E-state index in [0.29, 0.717) is 24.5 Å². The first-order valence-corrected chi connectivity index (χ1v) is 10.6. The second-order valence-electron chi connectivity index (χ2n) is 7.51. The van der Waals surface area contributed by atoms with Crippen LogP contribution in [0, 0.1) is 10.1 Å². The minimum atomic E-state index is -0.767. The Morgan fingerprint density at radius 2 is 1.72 bits per heavy atom. The predicted molar refractivity (Wildman–Crippen MR) is 119 cm³/mol. The number of ketones is 1. The Morgan fingerprint density at radius 3 is 2.28 bits per heavy atom. The average Bonchev–Trinajstić information content (AvgIpc) is 3.04. The zero-order valence-corrected chi connectivity index (χ0v) is 18.1. The Bertz CT molecular complexity index is 1030. The summed E-state index contributed by atoms with van der Waals surface area (Å²) >= 11 is 0. The number of hydrogen-bond donors (Lipinski definition) is 1. The van der Waals surface area contributed by atoms with Crippen LogP contribution in [0.4, 0.5) is 5.69 Å². The number of rotatable bonds is 9. The van der Waals surface area contributed by atoms with Crippen molar-refractivity contribution in [2.45, 2.75) is 39.2 Å². The van der Waals surface area contributed by atoms with Crippen molar-refractivity contribution in [3.05, 3.63) is 75.3 Å². The van der Waals surface area contributed by atoms with Gasteiger partial charge in [0.25, 0.3) is 17.4 Å². The molecule has 2 aromatic carbocycles. The van der Waals surface area contributed by atoms with Crippen LogP contribution in [0.25, 0.3) is 5.76 Å². The van der Waals surface area contributed by atoms with Crippen molar-refractivity contribution in [1.29, 1.82) is 0 Å². The molecule has 1 atom stereocenters. The Morgan fingerprint density at radius 1 is 1.06 bits per heavy atom. The number of nitro benzene ring substituents is 1. The number of unbranched alkanes of at least 4 members (excludes halogenated alkanes) is 2. The quantitative estimate of drug-likeness (QED) is 0.153. The lowest BCUT2D eigenvalue weighted by molar-refractivity contribution is -0.384. The molecular formula is C24H26N2O6. The molecule has 168 valence electrons. The lowest BCUT2D eigenvalue weighted by atomic mass is 9.95. The van der Waals surface area contributed by atoms with Crippen LogP contribution in [-0.4, -0.2) is 39.8 Å². The number of amides is 1. The topological polar surface area (TPSA) is 110 Å². The van der Waals surface area contributed by atoms with Gasteiger partial charge in [0, 0.05) is 24.2 Å². The van der Waals surface area contributed by atoms with Gasteiger partial charge in [-0.25, -0.2) is 0 Å². The first kappa shape index (κ1) is 23.0. The average molecular weight is 438 g/mol. The van der Waals surface area contributed by atoms with Gasteiger partial charge in [0.15, 0.2) is 0 Å². The van der Waals surface area contributed by atoms with Crippen molar-refractivity contribution in [1.82, 2.24) is 4.90 Å². The predicted octanol–water partition coefficient (Wildman–Crippen LogP) is 4.61. The Kier molecular flexibility index (Phi) is 7.25. The summed E-state index contributed by atoms with van der Waals surface area (Å²) in [6, 6.07) is 11.6. The van der Waals surface area contributed by atoms with E-state index in [1.165, 1.54) is 29.2 Å². The number of carbonyl (C=O) groups is 2. The third-order valence-corrected chi connectivity index (χ3v) is 5.40. The molecular weight excluding hydrogens is 412 g/mol. The molecule has 1 unspecified atom stereocenters. The van der Waals surface area contributed by atoms with E-state index in [0.717, 1.165) is 19.3 Å². The van der Waals surface area contributed by atoms with Crippen LogP contribution >= 0.6 is 0 Å². The highest BCUT2D eigenvalue weighted by Crippen LogP contribution is 2.40. The molecule has 0 aromatic heterocycles. The summed E-state index contributed by atoms with van der Waals surface area (Å²) in [5.41, 5.74) is 0.750. The van der Waals surface area contributed by atoms with Crippen molar-refractivity contribution < 1.29 is 24.4 Å². The first-order valence-electron chi connectivity index (χ1n) is 10.6. The van der Waals surface area contributed by atoms with Gasteiger partial charge in [-0.1, -0.05) is 31.9 Å². The van der Waals surface area contributed by atoms with E-state index in [4.69, 9.17) is 4.74 Å². The first-order chi connectivity index (χ1) is 15.4. The number of hydrogen-bond acceptors (Lipinski definition) is 6. The maximum absolute atomic E-state index is 12.9. The van der Waals surface area contributed by atoms with Gasteiger partial charge in [0.2, 0.25) is 0 Å². The highest BCUT2D eigenvalue weighted by molar-refractivity contribution is 6.46. The number of benzene rings is 2. The summed E-state index contributed by atoms with van der Waals surface area (Å²) in [4.78, 5) is 37.7. The largest absolute Gasteiger partial charge is 0.507 e. The number of aliphatic hydroxyl groups is 1. The normalized spacial score (nSPS) is 17.6. The zero-order valence-electron chi connectivity index (χ0n) is 18.1. The molecule has 8 nitrogen and oxygen atoms in total. The van der Waals surface area contributed by atoms with Crippen molar-refractivity contribution in [2.24, 2.45) is 0 Å². The van der Waals surface area contributed by atoms with E-state index >= 15 is 0 Å². The fraction of sp³-hybridized carbons (Fsp3) is 0.333. The van der Waals surface area contributed by atoms with Gasteiger partial charge in [0.1, 0.15) is 11.5 Å². The zero-order chi connectivity index (χ0) is 23.3. The molecule has 1 amide bonds. The molecule has 1 N–H and O–H groups in total. The molecule has 0 bridgehead atoms. The van der Waals surface area contributed by atoms with E-state index in [1.807, 2.05) is 13.8 Å². The van der Waals surface area contributed by atoms with Crippen LogP contribution < -0.4 is 4.74 Å². The highest BCUT2D eigenvalue weighted by Gasteiger charge is 2.45. The molecule has 0 saturated carbocycles. The highest BCUT2D eigenvalue weighted by atomic mass is 16.6. The molecule has 0 spiro atoms. The second-order valence-corrected chi connectivity index (χ2v) is 7.51. The van der Waals surface area contributed by atoms with Gasteiger partial charge in [-0.2, -0.15) is 0 Å². The molecule has 1 heterocycles. The van der Waals surface area contributed by atoms with Crippen molar-refractivity contribution in [2.75, 3.05) is 13.2 Å². The minimum absolute atomic E-state index is 0.0236. The maximum Gasteiger partial charge on any atom is 0.295 e. The molecule has 8 heteroatoms. The molecule has 1 fully saturated rings. The van der Waals surface area contributed by atoms with Gasteiger partial charge in [0.05, 0.1) is 23.1 Å². The van der Waals surface area contributed by atoms with E-state index < -0.39 is 22.7 Å². The maximum atomic E-state index is 12.9. The number of likely N-dealkylation sites (tertiary alicyclic amines) is 1. The minimum Gasteiger partial charge on any atom is -0.507 e. The van der Waals surface area contributed by atoms with E-state index in [2.05, 4.69) is 0 Å². The molecule has 2 aromatic rings. The Balaban J connectivity index is 2.07. The third-order valence-electron chi connectivity index (χ3n) is 5.40. The van der Waals surface area contributed by atoms with Gasteiger partial charge < -0.3 is 14.7 Å². The molecule has 3 rings (SSSR count). The van der Waals surface area contributed by atoms with Crippen LogP contribution in [0.3, 0.4) is 0 Å². The standard InChI is InChI=1S/C24H26N2O6/c1-3-5-6-15-25-21(16-9-13-19(14-10-16)32-4-2)20(23(28)24(25)29)22(27)17-7-11-18(12-8-17)26(30)31/h7-14,21,27H,3-6,15H2,1-2H3/b22-20-. The third kappa shape index (κ3) is 4.64. The number of nitro groups is 1. The lowest BCUT2D eigenvalue weighted by Crippen LogP contribution is -2.30. The number of aliphatic hydroxyl groups excluding tert-OH is 1. The fourth-order valence-corrected chi connectivity index (χ4v) is 3.80. The monoisotopic (exact) mass is 438 g/mol. The Hall–Kier alpha value is -3.68. The SMILES string of the molecule is CCCCCN1C(=O)C(=O)/C(=C(\O)c2ccc([N+](=O)[O-])cc2)C1c1ccc(OCC)cc1. The number of Topliss-reactive ketones (excluding diaryl/α,β-unsaturated/α-hetero) is 1. The number of non-ortho nitro benzene ring substituents is 1. The fourth-order valence-electron chi connectivity index (χ4n) is 3.80. The molecule has 0 radical (unpaired) electrons. The molecule has 0 aliphatic carbocycles. The summed E-state index contributed by atoms with van der Waals surface area (Å²) in [5, 5.41) is 21.9. The summed E-state index contributed by atoms with van der Waals surface area (Å²) in [5.74, 6) is -1.12. The van der Waals surface area contributed by atoms with Gasteiger partial charge in [-0.15, -0.1) is 0 Å². The summed E-state index contributed by atoms with van der Waals surface area (Å²) in [6.07, 6.45) is 2.59. The molecule has 32 heavy (non-hydrogen) atoms. The smallest absolute Gasteiger partial charge is 0.295 e. The van der Waals surface area contributed by atoms with Crippen molar-refractivity contribution in [3.63, 3.8) is 0 Å². The van der Waals surface area contributed by atoms with Crippen LogP contribution in [0.5, 0.6) is 5.75 Å². The van der Waals surface area contributed by atoms with Gasteiger partial charge in [-0.05, 0) is 43.2 Å². The Labute approximate surface area is 186 Å². The second kappa shape index (κ2) is 10.1. The number of ether oxygens (including phenoxy) is 1. The van der Waals surface area contributed by atoms with Crippen molar-refractivity contribution >= 4 is 23.1 Å². The molecule has 1 aliphatic rings. The van der Waals surface area contributed by atoms with Crippen LogP contribution in [0.2, 0.25) is 0 Å². The molecule has 1 saturated heterocycles. The number of nitrogens with zero attached hydrogens (tertiary/aromatic N) is 2. The summed E-state index contributed by atoms with van der Waals surface area (Å²) in [7, 11) is 0. The van der Waals surface area contributed by atoms with E-state index in [-0.39, 0.29) is 22.6 Å². The van der Waals surface area contributed by atoms with Gasteiger partial charge >= 0.3 is 0 Å². The van der Waals surface area contributed by atoms with Crippen LogP contribution in [0.15, 0.2) is 54.1 Å². The van der Waals surface area contributed by atoms with Gasteiger partial charge in [-0.3, -0.25) is 19.7 Å². The van der Waals surface area contributed by atoms with Crippen molar-refractivity contribution in [3.8, 4) is 5.75 Å². The van der Waals surface area contributed by atoms with Crippen LogP contribution in [0.1, 0.15) is 50.3 Å². The van der Waals surface area contributed by atoms with E-state index in [9.17, 15) is 24.8 Å². The van der Waals surface area contributed by atoms with Crippen LogP contribution in [-0.2, 0) is 9.59 Å². The number of carbonyl (C=O) groups excluding carboxylic acids is 2. The van der Waals surface area contributed by atoms with E-state index in [1.54, 1.807) is 24.3 Å². The molecule has 1 aliphatic heterocycles. The summed E-state index contributed by atoms with van der Waals surface area (Å²) in [6.45, 7) is 4.82. The lowest BCUT2D eigenvalue weighted by Gasteiger charge is -2.25. The summed E-state index contributed by atoms with van der Waals surface area (Å²) < 4.78 is 5.48.